The van der Waals surface area contributed by atoms with E-state index in [0.717, 1.165) is 23.4 Å². The van der Waals surface area contributed by atoms with Gasteiger partial charge < -0.3 is 0 Å². The second-order valence-corrected chi connectivity index (χ2v) is 6.44. The zero-order valence-corrected chi connectivity index (χ0v) is 13.0. The van der Waals surface area contributed by atoms with Crippen LogP contribution in [0.15, 0.2) is 54.6 Å². The number of alkyl halides is 1. The Morgan fingerprint density at radius 1 is 0.857 bits per heavy atom. The van der Waals surface area contributed by atoms with E-state index >= 15 is 0 Å². The summed E-state index contributed by atoms with van der Waals surface area (Å²) < 4.78 is 0. The van der Waals surface area contributed by atoms with Crippen LogP contribution in [0.1, 0.15) is 27.6 Å². The van der Waals surface area contributed by atoms with E-state index in [1.165, 1.54) is 27.5 Å². The Balaban J connectivity index is 1.92. The van der Waals surface area contributed by atoms with E-state index in [9.17, 15) is 0 Å². The minimum atomic E-state index is -0.173. The van der Waals surface area contributed by atoms with Gasteiger partial charge in [0.2, 0.25) is 0 Å². The standard InChI is InChI=1S/C19H14Cl2/c20-15-5-1-4-14(11-15)19(21)17-10-9-13-8-7-12-3-2-6-16(17)18(12)13/h1-6,9-11,19H,7-8H2. The van der Waals surface area contributed by atoms with E-state index in [2.05, 4.69) is 30.3 Å². The maximum absolute atomic E-state index is 6.75. The van der Waals surface area contributed by atoms with Gasteiger partial charge >= 0.3 is 0 Å². The van der Waals surface area contributed by atoms with Crippen molar-refractivity contribution in [2.75, 3.05) is 0 Å². The molecule has 21 heavy (non-hydrogen) atoms. The highest BCUT2D eigenvalue weighted by atomic mass is 35.5. The van der Waals surface area contributed by atoms with Crippen molar-refractivity contribution in [2.45, 2.75) is 18.2 Å². The molecule has 0 radical (unpaired) electrons. The van der Waals surface area contributed by atoms with Crippen LogP contribution >= 0.6 is 23.2 Å². The van der Waals surface area contributed by atoms with Gasteiger partial charge in [0.05, 0.1) is 5.38 Å². The molecule has 0 aromatic heterocycles. The monoisotopic (exact) mass is 312 g/mol. The molecule has 4 rings (SSSR count). The summed E-state index contributed by atoms with van der Waals surface area (Å²) in [7, 11) is 0. The van der Waals surface area contributed by atoms with E-state index in [1.807, 2.05) is 24.3 Å². The van der Waals surface area contributed by atoms with Crippen molar-refractivity contribution in [1.29, 1.82) is 0 Å². The van der Waals surface area contributed by atoms with E-state index in [4.69, 9.17) is 23.2 Å². The van der Waals surface area contributed by atoms with E-state index in [-0.39, 0.29) is 5.38 Å². The molecule has 2 heteroatoms. The molecule has 104 valence electrons. The normalized spacial score (nSPS) is 14.6. The van der Waals surface area contributed by atoms with Crippen LogP contribution < -0.4 is 0 Å². The SMILES string of the molecule is Clc1cccc(C(Cl)c2ccc3c4c(cccc24)CC3)c1. The van der Waals surface area contributed by atoms with Gasteiger partial charge in [-0.05, 0) is 58.0 Å². The molecule has 1 aliphatic carbocycles. The molecule has 0 saturated carbocycles. The third-order valence-electron chi connectivity index (χ3n) is 4.33. The van der Waals surface area contributed by atoms with Gasteiger partial charge in [-0.3, -0.25) is 0 Å². The van der Waals surface area contributed by atoms with Crippen LogP contribution in [0.2, 0.25) is 5.02 Å². The third kappa shape index (κ3) is 2.14. The van der Waals surface area contributed by atoms with Gasteiger partial charge in [0.25, 0.3) is 0 Å². The van der Waals surface area contributed by atoms with Crippen molar-refractivity contribution in [3.63, 3.8) is 0 Å². The molecule has 0 amide bonds. The first-order valence-corrected chi connectivity index (χ1v) is 7.98. The van der Waals surface area contributed by atoms with Gasteiger partial charge in [-0.25, -0.2) is 0 Å². The van der Waals surface area contributed by atoms with Gasteiger partial charge in [0.15, 0.2) is 0 Å². The highest BCUT2D eigenvalue weighted by molar-refractivity contribution is 6.31. The Labute approximate surface area is 134 Å². The molecule has 3 aromatic carbocycles. The first-order valence-electron chi connectivity index (χ1n) is 7.17. The number of hydrogen-bond acceptors (Lipinski definition) is 0. The molecule has 0 N–H and O–H groups in total. The molecule has 0 saturated heterocycles. The smallest absolute Gasteiger partial charge is 0.0841 e. The lowest BCUT2D eigenvalue weighted by molar-refractivity contribution is 1.02. The minimum Gasteiger partial charge on any atom is -0.113 e. The fourth-order valence-corrected chi connectivity index (χ4v) is 3.86. The molecule has 1 unspecified atom stereocenters. The highest BCUT2D eigenvalue weighted by Crippen LogP contribution is 2.39. The second-order valence-electron chi connectivity index (χ2n) is 5.57. The lowest BCUT2D eigenvalue weighted by Crippen LogP contribution is -1.95. The van der Waals surface area contributed by atoms with Gasteiger partial charge in [-0.15, -0.1) is 11.6 Å². The molecule has 0 nitrogen and oxygen atoms in total. The Bertz CT molecular complexity index is 826. The number of benzene rings is 3. The maximum Gasteiger partial charge on any atom is 0.0841 e. The summed E-state index contributed by atoms with van der Waals surface area (Å²) in [5, 5.41) is 3.24. The predicted octanol–water partition coefficient (Wildman–Crippen LogP) is 5.92. The molecule has 0 heterocycles. The summed E-state index contributed by atoms with van der Waals surface area (Å²) in [5.41, 5.74) is 5.10. The van der Waals surface area contributed by atoms with Crippen molar-refractivity contribution in [1.82, 2.24) is 0 Å². The molecule has 1 aliphatic rings. The summed E-state index contributed by atoms with van der Waals surface area (Å²) in [6.07, 6.45) is 2.28. The number of halogens is 2. The average molecular weight is 313 g/mol. The first kappa shape index (κ1) is 13.2. The fourth-order valence-electron chi connectivity index (χ4n) is 3.33. The summed E-state index contributed by atoms with van der Waals surface area (Å²) in [6.45, 7) is 0. The molecule has 3 aromatic rings. The summed E-state index contributed by atoms with van der Waals surface area (Å²) >= 11 is 12.8. The van der Waals surface area contributed by atoms with Crippen molar-refractivity contribution >= 4 is 34.0 Å². The lowest BCUT2D eigenvalue weighted by atomic mass is 9.95. The van der Waals surface area contributed by atoms with Gasteiger partial charge in [0.1, 0.15) is 0 Å². The van der Waals surface area contributed by atoms with Crippen LogP contribution in [0, 0.1) is 0 Å². The second kappa shape index (κ2) is 5.05. The third-order valence-corrected chi connectivity index (χ3v) is 5.05. The van der Waals surface area contributed by atoms with Crippen LogP contribution in [0.5, 0.6) is 0 Å². The van der Waals surface area contributed by atoms with E-state index in [0.29, 0.717) is 0 Å². The van der Waals surface area contributed by atoms with Crippen molar-refractivity contribution < 1.29 is 0 Å². The van der Waals surface area contributed by atoms with Crippen LogP contribution in [0.25, 0.3) is 10.8 Å². The Morgan fingerprint density at radius 2 is 1.62 bits per heavy atom. The predicted molar refractivity (Wildman–Crippen MR) is 90.5 cm³/mol. The quantitative estimate of drug-likeness (QED) is 0.515. The minimum absolute atomic E-state index is 0.173. The zero-order valence-electron chi connectivity index (χ0n) is 11.4. The molecule has 1 atom stereocenters. The van der Waals surface area contributed by atoms with E-state index < -0.39 is 0 Å². The Morgan fingerprint density at radius 3 is 2.43 bits per heavy atom. The summed E-state index contributed by atoms with van der Waals surface area (Å²) in [5.74, 6) is 0. The number of rotatable bonds is 2. The van der Waals surface area contributed by atoms with Gasteiger partial charge in [0, 0.05) is 5.02 Å². The summed E-state index contributed by atoms with van der Waals surface area (Å²) in [4.78, 5) is 0. The van der Waals surface area contributed by atoms with Crippen LogP contribution in [-0.2, 0) is 12.8 Å². The average Bonchev–Trinajstić information content (AvgIpc) is 2.92. The maximum atomic E-state index is 6.75. The lowest BCUT2D eigenvalue weighted by Gasteiger charge is -2.15. The molecular weight excluding hydrogens is 299 g/mol. The Hall–Kier alpha value is -1.50. The van der Waals surface area contributed by atoms with Gasteiger partial charge in [-0.2, -0.15) is 0 Å². The largest absolute Gasteiger partial charge is 0.113 e. The molecule has 0 bridgehead atoms. The van der Waals surface area contributed by atoms with Gasteiger partial charge in [-0.1, -0.05) is 54.1 Å². The zero-order chi connectivity index (χ0) is 14.4. The molecular formula is C19H14Cl2. The molecule has 0 aliphatic heterocycles. The first-order chi connectivity index (χ1) is 10.2. The summed E-state index contributed by atoms with van der Waals surface area (Å²) in [6, 6.07) is 18.8. The van der Waals surface area contributed by atoms with E-state index in [1.54, 1.807) is 0 Å². The number of aryl methyl sites for hydroxylation is 2. The topological polar surface area (TPSA) is 0 Å². The number of hydrogen-bond donors (Lipinski definition) is 0. The van der Waals surface area contributed by atoms with Crippen molar-refractivity contribution in [3.8, 4) is 0 Å². The van der Waals surface area contributed by atoms with Crippen LogP contribution in [-0.4, -0.2) is 0 Å². The fraction of sp³-hybridized carbons (Fsp3) is 0.158. The van der Waals surface area contributed by atoms with Crippen LogP contribution in [0.4, 0.5) is 0 Å². The Kier molecular flexibility index (Phi) is 3.17. The molecule has 0 spiro atoms. The van der Waals surface area contributed by atoms with Crippen molar-refractivity contribution in [3.05, 3.63) is 81.9 Å². The van der Waals surface area contributed by atoms with Crippen LogP contribution in [0.3, 0.4) is 0 Å². The highest BCUT2D eigenvalue weighted by Gasteiger charge is 2.20. The molecule has 0 fully saturated rings. The van der Waals surface area contributed by atoms with Crippen molar-refractivity contribution in [2.24, 2.45) is 0 Å².